The van der Waals surface area contributed by atoms with Crippen molar-refractivity contribution in [2.75, 3.05) is 60.0 Å². The number of hydrogen-bond acceptors (Lipinski definition) is 5. The standard InChI is InChI=1S/C25H38F3N3O4S/c1-29(17-20-5-7-21(8-6-20)18-31-13-3-4-14-31)24(32)19-35-16-15-30(2)36(33,34)23-11-9-22(10-12-23)25(26,27)28/h9-12,20-21H,3-8,13-19H2,1-2H3/t20-,21-. The lowest BCUT2D eigenvalue weighted by molar-refractivity contribution is -0.137. The smallest absolute Gasteiger partial charge is 0.370 e. The van der Waals surface area contributed by atoms with Crippen molar-refractivity contribution in [1.29, 1.82) is 0 Å². The summed E-state index contributed by atoms with van der Waals surface area (Å²) in [5, 5.41) is 0. The van der Waals surface area contributed by atoms with Crippen LogP contribution >= 0.6 is 0 Å². The van der Waals surface area contributed by atoms with Crippen molar-refractivity contribution < 1.29 is 31.1 Å². The average molecular weight is 534 g/mol. The molecular formula is C25H38F3N3O4S. The van der Waals surface area contributed by atoms with Crippen LogP contribution in [0, 0.1) is 11.8 Å². The van der Waals surface area contributed by atoms with Crippen molar-refractivity contribution >= 4 is 15.9 Å². The van der Waals surface area contributed by atoms with Crippen LogP contribution in [0.5, 0.6) is 0 Å². The van der Waals surface area contributed by atoms with Gasteiger partial charge >= 0.3 is 6.18 Å². The molecule has 1 aliphatic carbocycles. The summed E-state index contributed by atoms with van der Waals surface area (Å²) in [5.74, 6) is 1.11. The van der Waals surface area contributed by atoms with E-state index in [1.807, 2.05) is 0 Å². The number of hydrogen-bond donors (Lipinski definition) is 0. The average Bonchev–Trinajstić information content (AvgIpc) is 3.35. The van der Waals surface area contributed by atoms with Crippen LogP contribution in [0.2, 0.25) is 0 Å². The fourth-order valence-electron chi connectivity index (χ4n) is 4.99. The fraction of sp³-hybridized carbons (Fsp3) is 0.720. The summed E-state index contributed by atoms with van der Waals surface area (Å²) in [6.07, 6.45) is 2.77. The molecule has 1 saturated carbocycles. The van der Waals surface area contributed by atoms with Crippen molar-refractivity contribution in [3.8, 4) is 0 Å². The molecule has 3 rings (SSSR count). The van der Waals surface area contributed by atoms with Gasteiger partial charge < -0.3 is 14.5 Å². The van der Waals surface area contributed by atoms with Crippen molar-refractivity contribution in [3.63, 3.8) is 0 Å². The van der Waals surface area contributed by atoms with Gasteiger partial charge in [-0.3, -0.25) is 4.79 Å². The highest BCUT2D eigenvalue weighted by Gasteiger charge is 2.31. The van der Waals surface area contributed by atoms with Gasteiger partial charge in [-0.05, 0) is 87.7 Å². The van der Waals surface area contributed by atoms with E-state index in [4.69, 9.17) is 4.74 Å². The first kappa shape index (κ1) is 28.9. The van der Waals surface area contributed by atoms with Crippen molar-refractivity contribution in [3.05, 3.63) is 29.8 Å². The molecule has 0 N–H and O–H groups in total. The molecule has 2 fully saturated rings. The monoisotopic (exact) mass is 533 g/mol. The number of alkyl halides is 3. The molecular weight excluding hydrogens is 495 g/mol. The van der Waals surface area contributed by atoms with Gasteiger partial charge in [0.2, 0.25) is 15.9 Å². The molecule has 0 bridgehead atoms. The minimum atomic E-state index is -4.53. The quantitative estimate of drug-likeness (QED) is 0.406. The number of nitrogens with zero attached hydrogens (tertiary/aromatic N) is 3. The highest BCUT2D eigenvalue weighted by atomic mass is 32.2. The Morgan fingerprint density at radius 3 is 2.19 bits per heavy atom. The van der Waals surface area contributed by atoms with E-state index in [1.54, 1.807) is 11.9 Å². The summed E-state index contributed by atoms with van der Waals surface area (Å²) in [4.78, 5) is 16.5. The van der Waals surface area contributed by atoms with Gasteiger partial charge in [-0.1, -0.05) is 0 Å². The maximum atomic E-state index is 12.7. The van der Waals surface area contributed by atoms with Gasteiger partial charge in [-0.2, -0.15) is 17.5 Å². The Hall–Kier alpha value is -1.69. The number of ether oxygens (including phenoxy) is 1. The van der Waals surface area contributed by atoms with Gasteiger partial charge in [0.15, 0.2) is 0 Å². The lowest BCUT2D eigenvalue weighted by atomic mass is 9.81. The van der Waals surface area contributed by atoms with E-state index in [2.05, 4.69) is 4.90 Å². The third kappa shape index (κ3) is 8.16. The molecule has 1 amide bonds. The number of halogens is 3. The van der Waals surface area contributed by atoms with Gasteiger partial charge in [-0.15, -0.1) is 0 Å². The van der Waals surface area contributed by atoms with E-state index in [0.29, 0.717) is 12.5 Å². The number of rotatable bonds is 11. The SMILES string of the molecule is CN(C[C@H]1CC[C@H](CN2CCCC2)CC1)C(=O)COCCN(C)S(=O)(=O)c1ccc(C(F)(F)F)cc1. The Bertz CT molecular complexity index is 942. The minimum absolute atomic E-state index is 0.00243. The van der Waals surface area contributed by atoms with Crippen LogP contribution in [0.3, 0.4) is 0 Å². The Labute approximate surface area is 212 Å². The first-order valence-corrected chi connectivity index (χ1v) is 14.1. The molecule has 36 heavy (non-hydrogen) atoms. The molecule has 1 saturated heterocycles. The first-order chi connectivity index (χ1) is 17.0. The molecule has 2 aliphatic rings. The van der Waals surface area contributed by atoms with Crippen LogP contribution in [0.4, 0.5) is 13.2 Å². The van der Waals surface area contributed by atoms with Crippen LogP contribution in [0.1, 0.15) is 44.1 Å². The summed E-state index contributed by atoms with van der Waals surface area (Å²) < 4.78 is 69.7. The predicted molar refractivity (Wildman–Crippen MR) is 131 cm³/mol. The lowest BCUT2D eigenvalue weighted by Crippen LogP contribution is -2.37. The molecule has 1 aromatic rings. The number of carbonyl (C=O) groups excluding carboxylic acids is 1. The molecule has 1 aliphatic heterocycles. The van der Waals surface area contributed by atoms with Gasteiger partial charge in [0.25, 0.3) is 0 Å². The minimum Gasteiger partial charge on any atom is -0.370 e. The van der Waals surface area contributed by atoms with Gasteiger partial charge in [0, 0.05) is 33.7 Å². The van der Waals surface area contributed by atoms with Crippen LogP contribution < -0.4 is 0 Å². The predicted octanol–water partition coefficient (Wildman–Crippen LogP) is 3.70. The number of likely N-dealkylation sites (N-methyl/N-ethyl adjacent to an activating group) is 2. The summed E-state index contributed by atoms with van der Waals surface area (Å²) in [7, 11) is -0.871. The van der Waals surface area contributed by atoms with Gasteiger partial charge in [0.1, 0.15) is 6.61 Å². The number of carbonyl (C=O) groups is 1. The first-order valence-electron chi connectivity index (χ1n) is 12.6. The number of sulfonamides is 1. The molecule has 11 heteroatoms. The summed E-state index contributed by atoms with van der Waals surface area (Å²) in [6.45, 7) is 4.19. The van der Waals surface area contributed by atoms with E-state index in [0.717, 1.165) is 47.3 Å². The highest BCUT2D eigenvalue weighted by Crippen LogP contribution is 2.31. The molecule has 7 nitrogen and oxygen atoms in total. The molecule has 0 radical (unpaired) electrons. The Morgan fingerprint density at radius 1 is 1.03 bits per heavy atom. The van der Waals surface area contributed by atoms with E-state index < -0.39 is 21.8 Å². The topological polar surface area (TPSA) is 70.2 Å². The zero-order valence-electron chi connectivity index (χ0n) is 21.2. The van der Waals surface area contributed by atoms with E-state index in [-0.39, 0.29) is 30.6 Å². The third-order valence-electron chi connectivity index (χ3n) is 7.31. The molecule has 204 valence electrons. The molecule has 0 aromatic heterocycles. The Kier molecular flexibility index (Phi) is 10.2. The number of amides is 1. The lowest BCUT2D eigenvalue weighted by Gasteiger charge is -2.33. The van der Waals surface area contributed by atoms with Gasteiger partial charge in [0.05, 0.1) is 17.1 Å². The maximum absolute atomic E-state index is 12.7. The van der Waals surface area contributed by atoms with Crippen LogP contribution in [0.25, 0.3) is 0 Å². The normalized spacial score (nSPS) is 21.7. The molecule has 0 spiro atoms. The van der Waals surface area contributed by atoms with Crippen molar-refractivity contribution in [1.82, 2.24) is 14.1 Å². The van der Waals surface area contributed by atoms with Crippen LogP contribution in [-0.2, 0) is 25.7 Å². The summed E-state index contributed by atoms with van der Waals surface area (Å²) >= 11 is 0. The van der Waals surface area contributed by atoms with E-state index in [9.17, 15) is 26.4 Å². The van der Waals surface area contributed by atoms with Crippen LogP contribution in [-0.4, -0.2) is 88.5 Å². The van der Waals surface area contributed by atoms with Crippen molar-refractivity contribution in [2.45, 2.75) is 49.6 Å². The zero-order chi connectivity index (χ0) is 26.3. The molecule has 1 aromatic carbocycles. The molecule has 0 atom stereocenters. The zero-order valence-corrected chi connectivity index (χ0v) is 22.0. The Morgan fingerprint density at radius 2 is 1.61 bits per heavy atom. The molecule has 0 unspecified atom stereocenters. The number of likely N-dealkylation sites (tertiary alicyclic amines) is 1. The van der Waals surface area contributed by atoms with E-state index in [1.165, 1.54) is 52.4 Å². The van der Waals surface area contributed by atoms with E-state index >= 15 is 0 Å². The fourth-order valence-corrected chi connectivity index (χ4v) is 6.15. The second kappa shape index (κ2) is 12.7. The second-order valence-electron chi connectivity index (χ2n) is 10.1. The van der Waals surface area contributed by atoms with Gasteiger partial charge in [-0.25, -0.2) is 8.42 Å². The summed E-state index contributed by atoms with van der Waals surface area (Å²) in [6, 6.07) is 3.36. The third-order valence-corrected chi connectivity index (χ3v) is 9.18. The van der Waals surface area contributed by atoms with Crippen molar-refractivity contribution in [2.24, 2.45) is 11.8 Å². The number of benzene rings is 1. The maximum Gasteiger partial charge on any atom is 0.416 e. The molecule has 1 heterocycles. The highest BCUT2D eigenvalue weighted by molar-refractivity contribution is 7.89. The second-order valence-corrected chi connectivity index (χ2v) is 12.1. The summed E-state index contributed by atoms with van der Waals surface area (Å²) in [5.41, 5.74) is -0.912. The largest absolute Gasteiger partial charge is 0.416 e. The van der Waals surface area contributed by atoms with Crippen LogP contribution in [0.15, 0.2) is 29.2 Å². The Balaban J connectivity index is 1.34.